The summed E-state index contributed by atoms with van der Waals surface area (Å²) in [4.78, 5) is 21.9. The van der Waals surface area contributed by atoms with Crippen LogP contribution >= 0.6 is 0 Å². The number of carboxylic acids is 1. The molecule has 92 valence electrons. The fourth-order valence-electron chi connectivity index (χ4n) is 1.89. The van der Waals surface area contributed by atoms with Crippen molar-refractivity contribution in [2.24, 2.45) is 0 Å². The second kappa shape index (κ2) is 4.49. The van der Waals surface area contributed by atoms with Gasteiger partial charge in [0.1, 0.15) is 0 Å². The summed E-state index contributed by atoms with van der Waals surface area (Å²) in [6.07, 6.45) is 0.406. The van der Waals surface area contributed by atoms with Crippen molar-refractivity contribution in [1.29, 1.82) is 0 Å². The molecule has 0 heterocycles. The van der Waals surface area contributed by atoms with Crippen molar-refractivity contribution in [1.82, 2.24) is 5.32 Å². The number of amides is 1. The molecule has 18 heavy (non-hydrogen) atoms. The van der Waals surface area contributed by atoms with Crippen LogP contribution in [0.15, 0.2) is 42.5 Å². The summed E-state index contributed by atoms with van der Waals surface area (Å²) in [5.41, 5.74) is -0.869. The first-order valence-corrected chi connectivity index (χ1v) is 5.52. The Morgan fingerprint density at radius 1 is 1.22 bits per heavy atom. The van der Waals surface area contributed by atoms with E-state index in [1.807, 2.05) is 30.3 Å². The number of hydrogen-bond acceptors (Lipinski definition) is 2. The van der Waals surface area contributed by atoms with E-state index in [2.05, 4.69) is 5.32 Å². The largest absolute Gasteiger partial charge is 0.479 e. The number of carbonyl (C=O) groups is 2. The molecule has 0 saturated carbocycles. The molecule has 1 amide bonds. The van der Waals surface area contributed by atoms with Crippen molar-refractivity contribution < 1.29 is 14.7 Å². The number of rotatable bonds is 4. The molecule has 0 fully saturated rings. The number of nitrogens with one attached hydrogen (secondary N) is 1. The fourth-order valence-corrected chi connectivity index (χ4v) is 1.89. The molecule has 0 aliphatic rings. The van der Waals surface area contributed by atoms with Crippen LogP contribution in [0.3, 0.4) is 0 Å². The zero-order valence-corrected chi connectivity index (χ0v) is 9.88. The highest BCUT2D eigenvalue weighted by atomic mass is 16.4. The zero-order valence-electron chi connectivity index (χ0n) is 9.88. The molecule has 2 aromatic carbocycles. The number of fused-ring (bicyclic) bond motifs is 1. The number of hydrogen-bond donors (Lipinski definition) is 2. The van der Waals surface area contributed by atoms with Gasteiger partial charge in [-0.1, -0.05) is 36.4 Å². The Hall–Kier alpha value is -2.36. The number of benzene rings is 2. The lowest BCUT2D eigenvalue weighted by Crippen LogP contribution is -2.45. The zero-order chi connectivity index (χ0) is 13.2. The van der Waals surface area contributed by atoms with Gasteiger partial charge in [-0.05, 0) is 29.3 Å². The summed E-state index contributed by atoms with van der Waals surface area (Å²) < 4.78 is 0. The van der Waals surface area contributed by atoms with Gasteiger partial charge in [-0.15, -0.1) is 0 Å². The summed E-state index contributed by atoms with van der Waals surface area (Å²) in [6.45, 7) is 1.47. The van der Waals surface area contributed by atoms with E-state index in [4.69, 9.17) is 0 Å². The van der Waals surface area contributed by atoms with E-state index in [9.17, 15) is 14.7 Å². The van der Waals surface area contributed by atoms with Gasteiger partial charge < -0.3 is 10.4 Å². The van der Waals surface area contributed by atoms with Crippen LogP contribution in [-0.2, 0) is 15.1 Å². The van der Waals surface area contributed by atoms with Crippen molar-refractivity contribution in [3.63, 3.8) is 0 Å². The Morgan fingerprint density at radius 3 is 2.50 bits per heavy atom. The van der Waals surface area contributed by atoms with Crippen LogP contribution in [0.25, 0.3) is 10.8 Å². The second-order valence-corrected chi connectivity index (χ2v) is 4.25. The molecule has 2 rings (SSSR count). The highest BCUT2D eigenvalue weighted by Crippen LogP contribution is 2.25. The summed E-state index contributed by atoms with van der Waals surface area (Å²) in [7, 11) is 0. The normalized spacial score (nSPS) is 13.8. The van der Waals surface area contributed by atoms with Gasteiger partial charge in [0.05, 0.1) is 0 Å². The van der Waals surface area contributed by atoms with E-state index in [0.717, 1.165) is 10.8 Å². The Bertz CT molecular complexity index is 609. The summed E-state index contributed by atoms with van der Waals surface area (Å²) in [5.74, 6) is -1.09. The maximum absolute atomic E-state index is 11.3. The van der Waals surface area contributed by atoms with Crippen molar-refractivity contribution in [2.75, 3.05) is 0 Å². The third-order valence-electron chi connectivity index (χ3n) is 3.10. The monoisotopic (exact) mass is 243 g/mol. The van der Waals surface area contributed by atoms with E-state index in [0.29, 0.717) is 12.0 Å². The predicted octanol–water partition coefficient (Wildman–Crippen LogP) is 1.89. The molecule has 0 saturated heterocycles. The highest BCUT2D eigenvalue weighted by molar-refractivity contribution is 5.88. The average Bonchev–Trinajstić information content (AvgIpc) is 2.38. The maximum Gasteiger partial charge on any atom is 0.333 e. The van der Waals surface area contributed by atoms with Gasteiger partial charge in [0.2, 0.25) is 6.41 Å². The van der Waals surface area contributed by atoms with Gasteiger partial charge in [-0.2, -0.15) is 0 Å². The molecule has 1 unspecified atom stereocenters. The Kier molecular flexibility index (Phi) is 3.02. The van der Waals surface area contributed by atoms with Gasteiger partial charge in [0, 0.05) is 0 Å². The van der Waals surface area contributed by atoms with Crippen LogP contribution in [0.1, 0.15) is 12.5 Å². The maximum atomic E-state index is 11.3. The first-order chi connectivity index (χ1) is 8.58. The Morgan fingerprint density at radius 2 is 1.89 bits per heavy atom. The first kappa shape index (κ1) is 12.1. The van der Waals surface area contributed by atoms with E-state index in [1.54, 1.807) is 12.1 Å². The number of carbonyl (C=O) groups excluding carboxylic acids is 1. The molecule has 2 N–H and O–H groups in total. The Balaban J connectivity index is 2.58. The van der Waals surface area contributed by atoms with E-state index >= 15 is 0 Å². The van der Waals surface area contributed by atoms with Crippen molar-refractivity contribution in [2.45, 2.75) is 12.5 Å². The third kappa shape index (κ3) is 1.93. The summed E-state index contributed by atoms with van der Waals surface area (Å²) in [5, 5.41) is 13.6. The smallest absolute Gasteiger partial charge is 0.333 e. The van der Waals surface area contributed by atoms with Crippen LogP contribution in [0.4, 0.5) is 0 Å². The van der Waals surface area contributed by atoms with Gasteiger partial charge in [0.25, 0.3) is 0 Å². The van der Waals surface area contributed by atoms with Gasteiger partial charge in [-0.3, -0.25) is 4.79 Å². The van der Waals surface area contributed by atoms with Gasteiger partial charge in [-0.25, -0.2) is 4.79 Å². The number of carboxylic acid groups (broad SMARTS) is 1. The number of aliphatic carboxylic acids is 1. The van der Waals surface area contributed by atoms with Gasteiger partial charge in [0.15, 0.2) is 5.54 Å². The predicted molar refractivity (Wildman–Crippen MR) is 68.1 cm³/mol. The molecule has 0 aliphatic heterocycles. The Labute approximate surface area is 104 Å². The minimum atomic E-state index is -1.41. The molecule has 0 spiro atoms. The lowest BCUT2D eigenvalue weighted by molar-refractivity contribution is -0.145. The average molecular weight is 243 g/mol. The van der Waals surface area contributed by atoms with Crippen LogP contribution in [-0.4, -0.2) is 17.5 Å². The standard InChI is InChI=1S/C14H13NO3/c1-14(13(17)18,15-9-16)12-7-6-10-4-2-3-5-11(10)8-12/h2-9H,1H3,(H,15,16)(H,17,18). The highest BCUT2D eigenvalue weighted by Gasteiger charge is 2.34. The van der Waals surface area contributed by atoms with E-state index in [1.165, 1.54) is 6.92 Å². The molecule has 4 nitrogen and oxygen atoms in total. The SMILES string of the molecule is CC(NC=O)(C(=O)O)c1ccc2ccccc2c1. The molecule has 2 aromatic rings. The van der Waals surface area contributed by atoms with E-state index in [-0.39, 0.29) is 0 Å². The molecular formula is C14H13NO3. The summed E-state index contributed by atoms with van der Waals surface area (Å²) >= 11 is 0. The quantitative estimate of drug-likeness (QED) is 0.806. The minimum absolute atomic E-state index is 0.406. The van der Waals surface area contributed by atoms with Crippen LogP contribution in [0, 0.1) is 0 Å². The second-order valence-electron chi connectivity index (χ2n) is 4.25. The lowest BCUT2D eigenvalue weighted by Gasteiger charge is -2.24. The van der Waals surface area contributed by atoms with Crippen molar-refractivity contribution in [3.8, 4) is 0 Å². The van der Waals surface area contributed by atoms with E-state index < -0.39 is 11.5 Å². The minimum Gasteiger partial charge on any atom is -0.479 e. The molecule has 0 aromatic heterocycles. The fraction of sp³-hybridized carbons (Fsp3) is 0.143. The molecule has 4 heteroatoms. The molecule has 0 bridgehead atoms. The van der Waals surface area contributed by atoms with Gasteiger partial charge >= 0.3 is 5.97 Å². The first-order valence-electron chi connectivity index (χ1n) is 5.52. The topological polar surface area (TPSA) is 66.4 Å². The summed E-state index contributed by atoms with van der Waals surface area (Å²) in [6, 6.07) is 13.0. The molecule has 0 radical (unpaired) electrons. The molecular weight excluding hydrogens is 230 g/mol. The van der Waals surface area contributed by atoms with Crippen LogP contribution in [0.2, 0.25) is 0 Å². The lowest BCUT2D eigenvalue weighted by atomic mass is 9.90. The van der Waals surface area contributed by atoms with Crippen molar-refractivity contribution in [3.05, 3.63) is 48.0 Å². The third-order valence-corrected chi connectivity index (χ3v) is 3.10. The van der Waals surface area contributed by atoms with Crippen molar-refractivity contribution >= 4 is 23.2 Å². The molecule has 0 aliphatic carbocycles. The molecule has 1 atom stereocenters. The van der Waals surface area contributed by atoms with Crippen LogP contribution < -0.4 is 5.32 Å². The van der Waals surface area contributed by atoms with Crippen LogP contribution in [0.5, 0.6) is 0 Å².